The molecule has 3 rings (SSSR count). The highest BCUT2D eigenvalue weighted by atomic mass is 16.3. The van der Waals surface area contributed by atoms with E-state index in [1.54, 1.807) is 0 Å². The van der Waals surface area contributed by atoms with Gasteiger partial charge in [0.1, 0.15) is 5.52 Å². The average molecular weight is 294 g/mol. The third kappa shape index (κ3) is 2.60. The maximum Gasteiger partial charge on any atom is 0.227 e. The van der Waals surface area contributed by atoms with E-state index in [1.165, 1.54) is 0 Å². The van der Waals surface area contributed by atoms with Gasteiger partial charge in [-0.3, -0.25) is 4.79 Å². The van der Waals surface area contributed by atoms with Crippen LogP contribution in [0.15, 0.2) is 46.9 Å². The van der Waals surface area contributed by atoms with E-state index < -0.39 is 0 Å². The van der Waals surface area contributed by atoms with Gasteiger partial charge >= 0.3 is 0 Å². The van der Waals surface area contributed by atoms with Gasteiger partial charge in [0.2, 0.25) is 11.8 Å². The molecule has 1 aromatic heterocycles. The molecule has 0 radical (unpaired) electrons. The van der Waals surface area contributed by atoms with Crippen molar-refractivity contribution in [3.63, 3.8) is 0 Å². The standard InChI is InChI=1S/C18H18N2O2/c1-11(2)17(21)19-14-9-6-7-13(12(14)3)18-20-15-8-4-5-10-16(15)22-18/h4-11H,1-3H3,(H,19,21). The van der Waals surface area contributed by atoms with E-state index in [-0.39, 0.29) is 11.8 Å². The Morgan fingerprint density at radius 1 is 1.14 bits per heavy atom. The van der Waals surface area contributed by atoms with Crippen LogP contribution in [0.2, 0.25) is 0 Å². The zero-order chi connectivity index (χ0) is 15.7. The summed E-state index contributed by atoms with van der Waals surface area (Å²) in [4.78, 5) is 16.4. The Labute approximate surface area is 129 Å². The van der Waals surface area contributed by atoms with Crippen molar-refractivity contribution >= 4 is 22.7 Å². The Bertz CT molecular complexity index is 801. The number of amides is 1. The highest BCUT2D eigenvalue weighted by molar-refractivity contribution is 5.93. The molecule has 0 saturated heterocycles. The van der Waals surface area contributed by atoms with Crippen molar-refractivity contribution in [3.05, 3.63) is 48.0 Å². The van der Waals surface area contributed by atoms with Crippen LogP contribution in [0.3, 0.4) is 0 Å². The third-order valence-electron chi connectivity index (χ3n) is 3.64. The number of rotatable bonds is 3. The van der Waals surface area contributed by atoms with Gasteiger partial charge in [-0.15, -0.1) is 0 Å². The normalized spacial score (nSPS) is 11.1. The summed E-state index contributed by atoms with van der Waals surface area (Å²) in [6.07, 6.45) is 0. The highest BCUT2D eigenvalue weighted by Gasteiger charge is 2.14. The molecule has 1 N–H and O–H groups in total. The number of benzene rings is 2. The minimum Gasteiger partial charge on any atom is -0.436 e. The summed E-state index contributed by atoms with van der Waals surface area (Å²) in [5.74, 6) is 0.504. The van der Waals surface area contributed by atoms with Crippen molar-refractivity contribution in [1.82, 2.24) is 4.98 Å². The van der Waals surface area contributed by atoms with Gasteiger partial charge in [-0.2, -0.15) is 0 Å². The van der Waals surface area contributed by atoms with Gasteiger partial charge < -0.3 is 9.73 Å². The number of carbonyl (C=O) groups excluding carboxylic acids is 1. The van der Waals surface area contributed by atoms with Crippen molar-refractivity contribution in [1.29, 1.82) is 0 Å². The molecule has 0 bridgehead atoms. The van der Waals surface area contributed by atoms with Crippen LogP contribution in [0, 0.1) is 12.8 Å². The van der Waals surface area contributed by atoms with Crippen molar-refractivity contribution in [3.8, 4) is 11.5 Å². The number of hydrogen-bond donors (Lipinski definition) is 1. The lowest BCUT2D eigenvalue weighted by molar-refractivity contribution is -0.118. The molecule has 0 aliphatic rings. The van der Waals surface area contributed by atoms with E-state index >= 15 is 0 Å². The molecular weight excluding hydrogens is 276 g/mol. The summed E-state index contributed by atoms with van der Waals surface area (Å²) >= 11 is 0. The van der Waals surface area contributed by atoms with Gasteiger partial charge in [-0.05, 0) is 36.8 Å². The van der Waals surface area contributed by atoms with Gasteiger partial charge in [0, 0.05) is 17.2 Å². The van der Waals surface area contributed by atoms with Crippen molar-refractivity contribution in [2.75, 3.05) is 5.32 Å². The van der Waals surface area contributed by atoms with E-state index in [0.717, 1.165) is 27.9 Å². The monoisotopic (exact) mass is 294 g/mol. The van der Waals surface area contributed by atoms with Crippen LogP contribution < -0.4 is 5.32 Å². The summed E-state index contributed by atoms with van der Waals surface area (Å²) in [6, 6.07) is 13.4. The molecule has 0 saturated carbocycles. The zero-order valence-electron chi connectivity index (χ0n) is 12.9. The first-order chi connectivity index (χ1) is 10.6. The fourth-order valence-corrected chi connectivity index (χ4v) is 2.27. The molecule has 4 nitrogen and oxygen atoms in total. The van der Waals surface area contributed by atoms with Gasteiger partial charge in [-0.25, -0.2) is 4.98 Å². The molecular formula is C18H18N2O2. The van der Waals surface area contributed by atoms with E-state index in [9.17, 15) is 4.79 Å². The zero-order valence-corrected chi connectivity index (χ0v) is 12.9. The van der Waals surface area contributed by atoms with Gasteiger partial charge in [0.15, 0.2) is 5.58 Å². The molecule has 0 atom stereocenters. The number of aromatic nitrogens is 1. The largest absolute Gasteiger partial charge is 0.436 e. The number of nitrogens with one attached hydrogen (secondary N) is 1. The molecule has 3 aromatic rings. The van der Waals surface area contributed by atoms with Crippen LogP contribution in [-0.2, 0) is 4.79 Å². The SMILES string of the molecule is Cc1c(NC(=O)C(C)C)cccc1-c1nc2ccccc2o1. The number of para-hydroxylation sites is 2. The first-order valence-corrected chi connectivity index (χ1v) is 7.32. The van der Waals surface area contributed by atoms with E-state index in [0.29, 0.717) is 5.89 Å². The number of fused-ring (bicyclic) bond motifs is 1. The number of oxazole rings is 1. The van der Waals surface area contributed by atoms with Gasteiger partial charge in [0.25, 0.3) is 0 Å². The van der Waals surface area contributed by atoms with Gasteiger partial charge in [0.05, 0.1) is 0 Å². The van der Waals surface area contributed by atoms with Crippen molar-refractivity contribution in [2.45, 2.75) is 20.8 Å². The summed E-state index contributed by atoms with van der Waals surface area (Å²) in [6.45, 7) is 5.70. The molecule has 22 heavy (non-hydrogen) atoms. The second-order valence-corrected chi connectivity index (χ2v) is 5.61. The summed E-state index contributed by atoms with van der Waals surface area (Å²) < 4.78 is 5.82. The smallest absolute Gasteiger partial charge is 0.227 e. The van der Waals surface area contributed by atoms with E-state index in [1.807, 2.05) is 63.2 Å². The number of carbonyl (C=O) groups is 1. The second kappa shape index (κ2) is 5.64. The molecule has 2 aromatic carbocycles. The van der Waals surface area contributed by atoms with Crippen LogP contribution in [0.25, 0.3) is 22.6 Å². The van der Waals surface area contributed by atoms with E-state index in [2.05, 4.69) is 10.3 Å². The first kappa shape index (κ1) is 14.3. The fourth-order valence-electron chi connectivity index (χ4n) is 2.27. The highest BCUT2D eigenvalue weighted by Crippen LogP contribution is 2.30. The number of anilines is 1. The molecule has 0 fully saturated rings. The van der Waals surface area contributed by atoms with Crippen LogP contribution >= 0.6 is 0 Å². The van der Waals surface area contributed by atoms with Crippen LogP contribution in [0.4, 0.5) is 5.69 Å². The Kier molecular flexibility index (Phi) is 3.67. The minimum atomic E-state index is -0.0626. The predicted molar refractivity (Wildman–Crippen MR) is 87.6 cm³/mol. The molecule has 0 unspecified atom stereocenters. The quantitative estimate of drug-likeness (QED) is 0.779. The Balaban J connectivity index is 2.02. The molecule has 1 heterocycles. The Morgan fingerprint density at radius 2 is 1.91 bits per heavy atom. The summed E-state index contributed by atoms with van der Waals surface area (Å²) in [5.41, 5.74) is 4.21. The lowest BCUT2D eigenvalue weighted by Crippen LogP contribution is -2.18. The van der Waals surface area contributed by atoms with Gasteiger partial charge in [-0.1, -0.05) is 32.0 Å². The maximum atomic E-state index is 11.9. The summed E-state index contributed by atoms with van der Waals surface area (Å²) in [5, 5.41) is 2.95. The van der Waals surface area contributed by atoms with Crippen molar-refractivity contribution < 1.29 is 9.21 Å². The molecule has 4 heteroatoms. The van der Waals surface area contributed by atoms with Crippen LogP contribution in [0.1, 0.15) is 19.4 Å². The molecule has 1 amide bonds. The van der Waals surface area contributed by atoms with Crippen LogP contribution in [-0.4, -0.2) is 10.9 Å². The molecule has 112 valence electrons. The number of hydrogen-bond acceptors (Lipinski definition) is 3. The molecule has 0 spiro atoms. The van der Waals surface area contributed by atoms with Crippen LogP contribution in [0.5, 0.6) is 0 Å². The topological polar surface area (TPSA) is 55.1 Å². The third-order valence-corrected chi connectivity index (χ3v) is 3.64. The minimum absolute atomic E-state index is 0.00202. The average Bonchev–Trinajstić information content (AvgIpc) is 2.92. The van der Waals surface area contributed by atoms with E-state index in [4.69, 9.17) is 4.42 Å². The maximum absolute atomic E-state index is 11.9. The molecule has 0 aliphatic heterocycles. The van der Waals surface area contributed by atoms with Crippen molar-refractivity contribution in [2.24, 2.45) is 5.92 Å². The number of nitrogens with zero attached hydrogens (tertiary/aromatic N) is 1. The lowest BCUT2D eigenvalue weighted by atomic mass is 10.1. The fraction of sp³-hybridized carbons (Fsp3) is 0.222. The Hall–Kier alpha value is -2.62. The Morgan fingerprint density at radius 3 is 2.64 bits per heavy atom. The first-order valence-electron chi connectivity index (χ1n) is 7.32. The predicted octanol–water partition coefficient (Wildman–Crippen LogP) is 4.40. The molecule has 0 aliphatic carbocycles. The lowest BCUT2D eigenvalue weighted by Gasteiger charge is -2.12. The second-order valence-electron chi connectivity index (χ2n) is 5.61. The summed E-state index contributed by atoms with van der Waals surface area (Å²) in [7, 11) is 0.